The highest BCUT2D eigenvalue weighted by molar-refractivity contribution is 7.14. The second kappa shape index (κ2) is 14.9. The predicted octanol–water partition coefficient (Wildman–Crippen LogP) is 8.67. The van der Waals surface area contributed by atoms with E-state index in [0.29, 0.717) is 41.1 Å². The molecule has 6 rings (SSSR count). The highest BCUT2D eigenvalue weighted by Crippen LogP contribution is 2.50. The number of halogens is 1. The van der Waals surface area contributed by atoms with Gasteiger partial charge in [-0.1, -0.05) is 6.92 Å². The summed E-state index contributed by atoms with van der Waals surface area (Å²) in [5.41, 5.74) is 5.57. The highest BCUT2D eigenvalue weighted by Gasteiger charge is 2.33. The maximum absolute atomic E-state index is 16.6. The number of rotatable bonds is 12. The molecule has 0 spiro atoms. The minimum absolute atomic E-state index is 0.0755. The van der Waals surface area contributed by atoms with Crippen molar-refractivity contribution in [1.82, 2.24) is 14.5 Å². The maximum atomic E-state index is 16.6. The van der Waals surface area contributed by atoms with Gasteiger partial charge in [-0.15, -0.1) is 11.3 Å². The molecule has 1 saturated heterocycles. The fourth-order valence-corrected chi connectivity index (χ4v) is 8.37. The zero-order chi connectivity index (χ0) is 35.7. The van der Waals surface area contributed by atoms with E-state index >= 15 is 4.39 Å². The molecule has 2 aliphatic heterocycles. The van der Waals surface area contributed by atoms with Gasteiger partial charge in [0.25, 0.3) is 0 Å². The SMILES string of the molecule is CCCN(CCCC1CCOCC1)c1nc(-c2cc3c(-c4c(C)c5c(c(F)c4OC(C)(C)C)OCCC5)c(CC(=O)O)c(C)nc3n2C)cs1. The number of fused-ring (bicyclic) bond motifs is 2. The molecule has 1 fully saturated rings. The number of aryl methyl sites for hydroxylation is 2. The third kappa shape index (κ3) is 7.35. The molecule has 0 radical (unpaired) electrons. The van der Waals surface area contributed by atoms with Gasteiger partial charge in [0.1, 0.15) is 16.9 Å². The summed E-state index contributed by atoms with van der Waals surface area (Å²) in [4.78, 5) is 24.8. The molecule has 1 aromatic carbocycles. The number of carbonyl (C=O) groups is 1. The molecule has 11 heteroatoms. The monoisotopic (exact) mass is 706 g/mol. The van der Waals surface area contributed by atoms with Gasteiger partial charge in [-0.25, -0.2) is 9.97 Å². The van der Waals surface area contributed by atoms with Gasteiger partial charge >= 0.3 is 5.97 Å². The number of carboxylic acid groups (broad SMARTS) is 1. The molecule has 270 valence electrons. The summed E-state index contributed by atoms with van der Waals surface area (Å²) in [6, 6.07) is 2.03. The van der Waals surface area contributed by atoms with Crippen molar-refractivity contribution >= 4 is 33.5 Å². The number of aromatic nitrogens is 3. The van der Waals surface area contributed by atoms with Crippen LogP contribution in [0.5, 0.6) is 11.5 Å². The average Bonchev–Trinajstić information content (AvgIpc) is 3.69. The van der Waals surface area contributed by atoms with Crippen molar-refractivity contribution in [2.45, 2.75) is 98.5 Å². The van der Waals surface area contributed by atoms with Crippen molar-refractivity contribution in [3.63, 3.8) is 0 Å². The molecule has 0 bridgehead atoms. The molecular formula is C39H51FN4O5S. The molecule has 50 heavy (non-hydrogen) atoms. The molecule has 0 unspecified atom stereocenters. The number of hydrogen-bond donors (Lipinski definition) is 1. The van der Waals surface area contributed by atoms with Crippen molar-refractivity contribution in [3.05, 3.63) is 39.6 Å². The topological polar surface area (TPSA) is 98.9 Å². The van der Waals surface area contributed by atoms with Crippen LogP contribution in [0.3, 0.4) is 0 Å². The van der Waals surface area contributed by atoms with Crippen LogP contribution in [0.1, 0.15) is 88.6 Å². The molecule has 4 aromatic rings. The number of anilines is 1. The van der Waals surface area contributed by atoms with Gasteiger partial charge < -0.3 is 28.8 Å². The predicted molar refractivity (Wildman–Crippen MR) is 198 cm³/mol. The van der Waals surface area contributed by atoms with Crippen LogP contribution in [0.4, 0.5) is 9.52 Å². The van der Waals surface area contributed by atoms with E-state index in [4.69, 9.17) is 24.2 Å². The molecule has 0 amide bonds. The van der Waals surface area contributed by atoms with Crippen LogP contribution in [0.15, 0.2) is 11.4 Å². The lowest BCUT2D eigenvalue weighted by Crippen LogP contribution is -2.26. The molecular weight excluding hydrogens is 656 g/mol. The van der Waals surface area contributed by atoms with Crippen LogP contribution in [0.2, 0.25) is 0 Å². The van der Waals surface area contributed by atoms with Crippen LogP contribution >= 0.6 is 11.3 Å². The van der Waals surface area contributed by atoms with Crippen LogP contribution in [0, 0.1) is 25.6 Å². The van der Waals surface area contributed by atoms with Crippen molar-refractivity contribution in [1.29, 1.82) is 0 Å². The number of benzene rings is 1. The van der Waals surface area contributed by atoms with Gasteiger partial charge in [-0.05, 0) is 103 Å². The molecule has 0 saturated carbocycles. The number of pyridine rings is 1. The first-order chi connectivity index (χ1) is 23.9. The summed E-state index contributed by atoms with van der Waals surface area (Å²) in [6.07, 6.45) is 6.81. The normalized spacial score (nSPS) is 15.3. The van der Waals surface area contributed by atoms with Crippen molar-refractivity contribution in [2.75, 3.05) is 37.8 Å². The van der Waals surface area contributed by atoms with Crippen molar-refractivity contribution in [2.24, 2.45) is 13.0 Å². The van der Waals surface area contributed by atoms with Crippen molar-refractivity contribution in [3.8, 4) is 34.0 Å². The first kappa shape index (κ1) is 36.1. The number of nitrogens with zero attached hydrogens (tertiary/aromatic N) is 4. The standard InChI is InChI=1S/C39H51FN4O5S/c1-8-15-44(16-9-11-25-13-18-47-19-14-25)38-42-29(22-50-38)30-20-28-33(27(21-31(45)46)24(3)41-37(28)43(30)7)32-23(2)26-12-10-17-48-35(26)34(40)36(32)49-39(4,5)6/h20,22,25H,8-19,21H2,1-7H3,(H,45,46). The van der Waals surface area contributed by atoms with E-state index in [0.717, 1.165) is 97.4 Å². The zero-order valence-electron chi connectivity index (χ0n) is 30.6. The molecule has 3 aromatic heterocycles. The second-order valence-corrected chi connectivity index (χ2v) is 15.6. The first-order valence-electron chi connectivity index (χ1n) is 18.0. The van der Waals surface area contributed by atoms with Crippen LogP contribution in [0.25, 0.3) is 33.5 Å². The van der Waals surface area contributed by atoms with Gasteiger partial charge in [0.15, 0.2) is 16.6 Å². The Morgan fingerprint density at radius 2 is 1.92 bits per heavy atom. The lowest BCUT2D eigenvalue weighted by atomic mass is 9.86. The number of carboxylic acids is 1. The van der Waals surface area contributed by atoms with Crippen LogP contribution in [-0.2, 0) is 29.4 Å². The lowest BCUT2D eigenvalue weighted by Gasteiger charge is -2.30. The van der Waals surface area contributed by atoms with Crippen LogP contribution in [-0.4, -0.2) is 64.1 Å². The Hall–Kier alpha value is -3.70. The number of ether oxygens (including phenoxy) is 3. The van der Waals surface area contributed by atoms with E-state index in [2.05, 4.69) is 17.2 Å². The summed E-state index contributed by atoms with van der Waals surface area (Å²) in [5.74, 6) is -0.494. The molecule has 0 aliphatic carbocycles. The molecule has 1 N–H and O–H groups in total. The average molecular weight is 707 g/mol. The summed E-state index contributed by atoms with van der Waals surface area (Å²) in [6.45, 7) is 15.7. The van der Waals surface area contributed by atoms with Gasteiger partial charge in [-0.3, -0.25) is 4.79 Å². The largest absolute Gasteiger partial charge is 0.490 e. The Labute approximate surface area is 298 Å². The number of hydrogen-bond acceptors (Lipinski definition) is 8. The molecule has 2 aliphatic rings. The quantitative estimate of drug-likeness (QED) is 0.156. The van der Waals surface area contributed by atoms with E-state index in [-0.39, 0.29) is 17.9 Å². The maximum Gasteiger partial charge on any atom is 0.307 e. The Morgan fingerprint density at radius 1 is 1.16 bits per heavy atom. The first-order valence-corrected chi connectivity index (χ1v) is 18.9. The van der Waals surface area contributed by atoms with Gasteiger partial charge in [-0.2, -0.15) is 4.39 Å². The third-order valence-electron chi connectivity index (χ3n) is 9.91. The number of aliphatic carboxylic acids is 1. The zero-order valence-corrected chi connectivity index (χ0v) is 31.4. The van der Waals surface area contributed by atoms with Crippen molar-refractivity contribution < 1.29 is 28.5 Å². The van der Waals surface area contributed by atoms with E-state index in [1.54, 1.807) is 11.3 Å². The molecule has 0 atom stereocenters. The number of thiazole rings is 1. The summed E-state index contributed by atoms with van der Waals surface area (Å²) < 4.78 is 36.4. The minimum atomic E-state index is -0.985. The van der Waals surface area contributed by atoms with Gasteiger partial charge in [0.2, 0.25) is 5.82 Å². The minimum Gasteiger partial charge on any atom is -0.490 e. The summed E-state index contributed by atoms with van der Waals surface area (Å²) in [7, 11) is 1.96. The van der Waals surface area contributed by atoms with E-state index < -0.39 is 17.4 Å². The third-order valence-corrected chi connectivity index (χ3v) is 10.8. The van der Waals surface area contributed by atoms with Gasteiger partial charge in [0.05, 0.1) is 18.7 Å². The smallest absolute Gasteiger partial charge is 0.307 e. The van der Waals surface area contributed by atoms with E-state index in [1.165, 1.54) is 6.42 Å². The fraction of sp³-hybridized carbons (Fsp3) is 0.564. The van der Waals surface area contributed by atoms with Gasteiger partial charge in [0, 0.05) is 66.5 Å². The Balaban J connectivity index is 1.48. The Morgan fingerprint density at radius 3 is 2.62 bits per heavy atom. The fourth-order valence-electron chi connectivity index (χ4n) is 7.50. The second-order valence-electron chi connectivity index (χ2n) is 14.8. The Bertz CT molecular complexity index is 1870. The lowest BCUT2D eigenvalue weighted by molar-refractivity contribution is -0.136. The molecule has 9 nitrogen and oxygen atoms in total. The highest BCUT2D eigenvalue weighted by atomic mass is 32.1. The van der Waals surface area contributed by atoms with E-state index in [9.17, 15) is 9.90 Å². The van der Waals surface area contributed by atoms with E-state index in [1.807, 2.05) is 52.3 Å². The summed E-state index contributed by atoms with van der Waals surface area (Å²) in [5, 5.41) is 13.9. The molecule has 5 heterocycles. The van der Waals surface area contributed by atoms with Crippen LogP contribution < -0.4 is 14.4 Å². The summed E-state index contributed by atoms with van der Waals surface area (Å²) >= 11 is 1.64. The Kier molecular flexibility index (Phi) is 10.7.